The molecule has 4 aromatic carbocycles. The predicted molar refractivity (Wildman–Crippen MR) is 530 cm³/mol. The highest BCUT2D eigenvalue weighted by Crippen LogP contribution is 2.50. The largest absolute Gasteiger partial charge is 0.394 e. The van der Waals surface area contributed by atoms with Crippen molar-refractivity contribution in [3.8, 4) is 0 Å². The number of hydrogen-bond acceptors (Lipinski definition) is 40. The van der Waals surface area contributed by atoms with E-state index in [1.165, 1.54) is 24.3 Å². The van der Waals surface area contributed by atoms with Crippen molar-refractivity contribution in [3.63, 3.8) is 0 Å². The van der Waals surface area contributed by atoms with Gasteiger partial charge in [0.15, 0.2) is 88.6 Å². The minimum absolute atomic E-state index is 0.00183. The molecule has 0 aliphatic heterocycles. The molecule has 16 N–H and O–H groups in total. The second-order valence-corrected chi connectivity index (χ2v) is 36.6. The van der Waals surface area contributed by atoms with E-state index in [0.29, 0.717) is 107 Å². The molecular formula is C96H124F4N24O16S4. The number of nitrogens with one attached hydrogen (secondary N) is 4. The molecule has 48 heteroatoms. The summed E-state index contributed by atoms with van der Waals surface area (Å²) in [5, 5.41) is 169. The summed E-state index contributed by atoms with van der Waals surface area (Å²) in [4.78, 5) is 34.7. The Balaban J connectivity index is 0.000000160. The second-order valence-electron chi connectivity index (χ2n) is 32.6. The fourth-order valence-corrected chi connectivity index (χ4v) is 17.2. The molecule has 8 saturated carbocycles. The Labute approximate surface area is 897 Å². The molecule has 0 spiro atoms. The standard InChI is InChI=1S/4C24H31FN6O4S/c4*1-3-8-36-24-27-22(26-16-10-14(16)13-5-4-12(2)15(25)9-13)19-23(28-24)31(30-29-19)17-11-18(35-7-6-32)21(34)20(17)33/h4*4-5,9,14,16-18,20-21,32-34H,3,6-8,10-11H2,1-2H3,(H,26,27,28)/t4*14-,16+,17+,18-,20-,21+/m0000/s1/i6D2,7D2,11D2,14D,17D,18D,20D,21D;8D2,11D2,14D,17D,18D,20D,21D;7D2,11D2,14D,17D,18D,20D,21D;6D2,11D2,14D,17D,18D,20D,21D. The number of aromatic nitrogens is 20. The third-order valence-corrected chi connectivity index (χ3v) is 26.3. The molecular weight excluding hydrogens is 1950 g/mol. The Bertz CT molecular complexity index is 8610. The van der Waals surface area contributed by atoms with Crippen LogP contribution in [0.15, 0.2) is 93.4 Å². The van der Waals surface area contributed by atoms with Crippen molar-refractivity contribution in [1.82, 2.24) is 99.8 Å². The Morgan fingerprint density at radius 2 is 0.639 bits per heavy atom. The first-order valence-corrected chi connectivity index (χ1v) is 48.4. The molecule has 776 valence electrons. The Hall–Kier alpha value is -9.52. The molecule has 24 atom stereocenters. The van der Waals surface area contributed by atoms with Crippen LogP contribution in [0.25, 0.3) is 44.7 Å². The number of thioether (sulfide) groups is 4. The minimum Gasteiger partial charge on any atom is -0.394 e. The van der Waals surface area contributed by atoms with Crippen molar-refractivity contribution in [2.24, 2.45) is 0 Å². The van der Waals surface area contributed by atoms with Gasteiger partial charge in [-0.25, -0.2) is 76.2 Å². The minimum atomic E-state index is -4.25. The molecule has 0 amide bonds. The number of hydrogen-bond donors (Lipinski definition) is 16. The number of nitrogens with zero attached hydrogens (tertiary/aromatic N) is 20. The average molecular weight is 2110 g/mol. The number of fused-ring (bicyclic) bond motifs is 4. The molecule has 20 rings (SSSR count). The first-order valence-electron chi connectivity index (χ1n) is 63.6. The van der Waals surface area contributed by atoms with Crippen LogP contribution in [0.4, 0.5) is 40.8 Å². The van der Waals surface area contributed by atoms with E-state index in [2.05, 4.69) is 107 Å². The molecule has 8 heterocycles. The van der Waals surface area contributed by atoms with Crippen LogP contribution in [0.2, 0.25) is 0 Å². The summed E-state index contributed by atoms with van der Waals surface area (Å²) in [5.74, 6) is -5.82. The number of aliphatic hydroxyl groups is 12. The van der Waals surface area contributed by atoms with Crippen molar-refractivity contribution >= 4 is 115 Å². The van der Waals surface area contributed by atoms with Gasteiger partial charge >= 0.3 is 0 Å². The summed E-state index contributed by atoms with van der Waals surface area (Å²) in [6.07, 6.45) is -59.7. The molecule has 40 nitrogen and oxygen atoms in total. The summed E-state index contributed by atoms with van der Waals surface area (Å²) in [6, 6.07) is 0.636. The van der Waals surface area contributed by atoms with Crippen molar-refractivity contribution in [3.05, 3.63) is 141 Å². The number of anilines is 4. The van der Waals surface area contributed by atoms with Gasteiger partial charge in [0.2, 0.25) is 0 Å². The van der Waals surface area contributed by atoms with E-state index in [1.807, 2.05) is 20.8 Å². The fourth-order valence-electron chi connectivity index (χ4n) is 14.6. The van der Waals surface area contributed by atoms with Gasteiger partial charge in [0.25, 0.3) is 0 Å². The number of rotatable bonds is 40. The van der Waals surface area contributed by atoms with Gasteiger partial charge in [0.05, 0.1) is 134 Å². The van der Waals surface area contributed by atoms with Gasteiger partial charge in [-0.1, -0.05) is 144 Å². The van der Waals surface area contributed by atoms with Crippen molar-refractivity contribution in [2.45, 2.75) is 298 Å². The lowest BCUT2D eigenvalue weighted by atomic mass is 10.1. The third kappa shape index (κ3) is 23.8. The number of benzene rings is 4. The summed E-state index contributed by atoms with van der Waals surface area (Å²) >= 11 is 3.95. The molecule has 0 unspecified atom stereocenters. The topological polar surface area (TPSA) is 554 Å². The molecule has 8 fully saturated rings. The maximum Gasteiger partial charge on any atom is 0.191 e. The van der Waals surface area contributed by atoms with Crippen LogP contribution in [-0.4, -0.2) is 334 Å². The predicted octanol–water partition coefficient (Wildman–Crippen LogP) is 8.73. The number of halogens is 4. The van der Waals surface area contributed by atoms with E-state index < -0.39 is 274 Å². The number of ether oxygens (including phenoxy) is 4. The molecule has 0 bridgehead atoms. The maximum absolute atomic E-state index is 14.3. The van der Waals surface area contributed by atoms with Crippen molar-refractivity contribution in [2.75, 3.05) is 96.9 Å². The molecule has 12 aromatic rings. The van der Waals surface area contributed by atoms with E-state index in [4.69, 9.17) is 66.3 Å². The van der Waals surface area contributed by atoms with Crippen molar-refractivity contribution in [1.29, 1.82) is 0 Å². The second kappa shape index (κ2) is 47.3. The lowest BCUT2D eigenvalue weighted by Crippen LogP contribution is -2.33. The zero-order valence-electron chi connectivity index (χ0n) is 115. The van der Waals surface area contributed by atoms with E-state index in [1.54, 1.807) is 83.1 Å². The van der Waals surface area contributed by atoms with E-state index >= 15 is 0 Å². The third-order valence-electron chi connectivity index (χ3n) is 22.4. The van der Waals surface area contributed by atoms with Crippen LogP contribution in [0.3, 0.4) is 0 Å². The zero-order chi connectivity index (χ0) is 136. The highest BCUT2D eigenvalue weighted by atomic mass is 32.2. The van der Waals surface area contributed by atoms with Gasteiger partial charge in [0, 0.05) is 115 Å². The molecule has 8 aliphatic carbocycles. The molecule has 144 heavy (non-hydrogen) atoms. The van der Waals surface area contributed by atoms with Crippen molar-refractivity contribution < 1.29 is 150 Å². The first-order chi connectivity index (χ1) is 83.2. The Morgan fingerprint density at radius 1 is 0.361 bits per heavy atom. The Kier molecular flexibility index (Phi) is 22.2. The van der Waals surface area contributed by atoms with Gasteiger partial charge in [0.1, 0.15) is 71.9 Å². The fraction of sp³-hybridized carbons (Fsp3) is 0.583. The van der Waals surface area contributed by atoms with Gasteiger partial charge in [-0.15, -0.1) is 20.4 Å². The van der Waals surface area contributed by atoms with Gasteiger partial charge in [-0.2, -0.15) is 0 Å². The van der Waals surface area contributed by atoms with Crippen LogP contribution in [0.5, 0.6) is 0 Å². The lowest BCUT2D eigenvalue weighted by molar-refractivity contribution is -0.0629. The summed E-state index contributed by atoms with van der Waals surface area (Å²) < 4.78 is 396. The zero-order valence-corrected chi connectivity index (χ0v) is 80.7. The summed E-state index contributed by atoms with van der Waals surface area (Å²) in [6.45, 7) is -5.31. The van der Waals surface area contributed by atoms with E-state index in [0.717, 1.165) is 35.3 Å². The van der Waals surface area contributed by atoms with Gasteiger partial charge < -0.3 is 101 Å². The molecule has 8 aliphatic rings. The number of aliphatic hydroxyl groups excluding tert-OH is 2. The maximum atomic E-state index is 14.3. The van der Waals surface area contributed by atoms with Crippen LogP contribution in [-0.2, 0) is 18.9 Å². The number of aryl methyl sites for hydroxylation is 4. The summed E-state index contributed by atoms with van der Waals surface area (Å²) in [5.41, 5.74) is -1.67. The monoisotopic (exact) mass is 2110 g/mol. The van der Waals surface area contributed by atoms with E-state index in [-0.39, 0.29) is 103 Å². The SMILES string of the molecule is [2H]C([2H])(CC)Sc1nc(N[C@@H]2C[C@@]2([2H])c2ccc(C)c(F)c2)c2nnn([C@]3([2H])C([2H])([2H])[C@]([2H])(OCCO)[C@@]([2H])(O)[C@@]3([2H])O)c2n1.[2H]C([2H])(CO)O[C@@]1([2H])C([2H])([2H])[C@@]([2H])(n2nnc3c(N[C@@H]4C[C@@]4([2H])c4ccc(C)c(F)c4)nc(SCCC)nc32)[C@]([2H])(O)[C@]1([2H])O.[2H]C([2H])(O)C([2H])([2H])O[C@@]1([2H])C([2H])([2H])[C@@]([2H])(n2nnc3c(N[C@@H]4C[C@@]4([2H])c4ccc(C)c(F)c4)nc(SCCC)nc32)[C@]([2H])(O)[C@]1([2H])O.[2H]C([2H])(O)CO[C@@]1([2H])C([2H])([2H])[C@@]([2H])(n2nnc3c(N[C@@H]4C[C@@]4([2H])c4ccc(C)c(F)c4)nc(SCCC)nc32)[C@]([2H])(O)[C@]1([2H])O. The van der Waals surface area contributed by atoms with Gasteiger partial charge in [-0.05, 0) is 148 Å². The van der Waals surface area contributed by atoms with Crippen LogP contribution < -0.4 is 21.3 Å². The normalized spacial score (nSPS) is 43.6. The molecule has 0 radical (unpaired) electrons. The average Bonchev–Trinajstić information content (AvgIpc) is 1.49. The van der Waals surface area contributed by atoms with Crippen LogP contribution in [0, 0.1) is 51.0 Å². The smallest absolute Gasteiger partial charge is 0.191 e. The molecule has 0 saturated heterocycles. The van der Waals surface area contributed by atoms with Gasteiger partial charge in [-0.3, -0.25) is 0 Å². The van der Waals surface area contributed by atoms with Crippen LogP contribution >= 0.6 is 47.0 Å². The first kappa shape index (κ1) is 67.4. The Morgan fingerprint density at radius 3 is 0.896 bits per heavy atom. The van der Waals surface area contributed by atoms with Crippen LogP contribution in [0.1, 0.15) is 249 Å². The summed E-state index contributed by atoms with van der Waals surface area (Å²) in [7, 11) is 0. The highest BCUT2D eigenvalue weighted by molar-refractivity contribution is 7.99. The van der Waals surface area contributed by atoms with E-state index in [9.17, 15) is 78.8 Å². The lowest BCUT2D eigenvalue weighted by Gasteiger charge is -2.17. The highest BCUT2D eigenvalue weighted by Gasteiger charge is 2.51. The quantitative estimate of drug-likeness (QED) is 0.00969. The molecule has 8 aromatic heterocycles.